The van der Waals surface area contributed by atoms with Crippen molar-refractivity contribution >= 4 is 38.8 Å². The van der Waals surface area contributed by atoms with Gasteiger partial charge in [0.1, 0.15) is 5.82 Å². The summed E-state index contributed by atoms with van der Waals surface area (Å²) in [6.07, 6.45) is 2.89. The van der Waals surface area contributed by atoms with Crippen LogP contribution in [0, 0.1) is 5.92 Å². The van der Waals surface area contributed by atoms with Crippen LogP contribution in [0.25, 0.3) is 10.1 Å². The summed E-state index contributed by atoms with van der Waals surface area (Å²) in [5, 5.41) is 6.71. The number of anilines is 1. The topological polar surface area (TPSA) is 24.9 Å². The summed E-state index contributed by atoms with van der Waals surface area (Å²) in [4.78, 5) is 4.37. The Labute approximate surface area is 105 Å². The van der Waals surface area contributed by atoms with Crippen LogP contribution in [0.2, 0.25) is 0 Å². The molecule has 0 spiro atoms. The first kappa shape index (κ1) is 11.7. The minimum atomic E-state index is 0.577. The summed E-state index contributed by atoms with van der Waals surface area (Å²) in [6, 6.07) is 4.16. The molecule has 1 atom stereocenters. The van der Waals surface area contributed by atoms with Crippen LogP contribution in [0.4, 0.5) is 5.82 Å². The Morgan fingerprint density at radius 2 is 2.38 bits per heavy atom. The Morgan fingerprint density at radius 3 is 3.19 bits per heavy atom. The van der Waals surface area contributed by atoms with Crippen LogP contribution >= 0.6 is 22.9 Å². The number of hydrogen-bond acceptors (Lipinski definition) is 3. The number of thiophene rings is 1. The van der Waals surface area contributed by atoms with E-state index in [1.807, 2.05) is 12.3 Å². The van der Waals surface area contributed by atoms with E-state index in [0.29, 0.717) is 5.92 Å². The standard InChI is InChI=1S/C12H15ClN2S/c1-9(2-5-13)8-15-12-10-4-7-16-11(10)3-6-14-12/h3-4,6-7,9H,2,5,8H2,1H3,(H,14,15). The van der Waals surface area contributed by atoms with E-state index in [1.165, 1.54) is 10.1 Å². The maximum atomic E-state index is 5.71. The van der Waals surface area contributed by atoms with Crippen molar-refractivity contribution in [3.05, 3.63) is 23.7 Å². The van der Waals surface area contributed by atoms with E-state index < -0.39 is 0 Å². The van der Waals surface area contributed by atoms with E-state index in [2.05, 4.69) is 28.7 Å². The van der Waals surface area contributed by atoms with Crippen LogP contribution in [0.15, 0.2) is 23.7 Å². The van der Waals surface area contributed by atoms with Gasteiger partial charge >= 0.3 is 0 Å². The third kappa shape index (κ3) is 2.66. The van der Waals surface area contributed by atoms with Crippen molar-refractivity contribution in [1.29, 1.82) is 0 Å². The van der Waals surface area contributed by atoms with Crippen molar-refractivity contribution < 1.29 is 0 Å². The third-order valence-electron chi connectivity index (χ3n) is 2.60. The van der Waals surface area contributed by atoms with Gasteiger partial charge in [-0.15, -0.1) is 22.9 Å². The first-order valence-electron chi connectivity index (χ1n) is 5.43. The van der Waals surface area contributed by atoms with Crippen LogP contribution in [0.1, 0.15) is 13.3 Å². The number of halogens is 1. The fourth-order valence-electron chi connectivity index (χ4n) is 1.59. The molecular weight excluding hydrogens is 240 g/mol. The minimum Gasteiger partial charge on any atom is -0.369 e. The van der Waals surface area contributed by atoms with Crippen LogP contribution < -0.4 is 5.32 Å². The summed E-state index contributed by atoms with van der Waals surface area (Å²) in [6.45, 7) is 3.12. The Morgan fingerprint density at radius 1 is 1.50 bits per heavy atom. The van der Waals surface area contributed by atoms with Gasteiger partial charge in [-0.2, -0.15) is 0 Å². The Bertz CT molecular complexity index is 455. The second-order valence-electron chi connectivity index (χ2n) is 3.96. The molecule has 2 aromatic heterocycles. The molecule has 0 bridgehead atoms. The molecule has 0 aliphatic rings. The highest BCUT2D eigenvalue weighted by atomic mass is 35.5. The van der Waals surface area contributed by atoms with Gasteiger partial charge in [0, 0.05) is 28.7 Å². The maximum absolute atomic E-state index is 5.71. The van der Waals surface area contributed by atoms with Crippen LogP contribution in [-0.2, 0) is 0 Å². The molecule has 0 radical (unpaired) electrons. The summed E-state index contributed by atoms with van der Waals surface area (Å²) in [7, 11) is 0. The molecule has 0 saturated heterocycles. The predicted molar refractivity (Wildman–Crippen MR) is 72.6 cm³/mol. The van der Waals surface area contributed by atoms with Crippen molar-refractivity contribution in [3.8, 4) is 0 Å². The number of pyridine rings is 1. The molecule has 2 heterocycles. The predicted octanol–water partition coefficient (Wildman–Crippen LogP) is 3.97. The Balaban J connectivity index is 2.06. The van der Waals surface area contributed by atoms with Crippen molar-refractivity contribution in [1.82, 2.24) is 4.98 Å². The molecule has 86 valence electrons. The molecule has 2 nitrogen and oxygen atoms in total. The highest BCUT2D eigenvalue weighted by Gasteiger charge is 2.05. The van der Waals surface area contributed by atoms with Crippen molar-refractivity contribution in [2.75, 3.05) is 17.7 Å². The highest BCUT2D eigenvalue weighted by Crippen LogP contribution is 2.25. The summed E-state index contributed by atoms with van der Waals surface area (Å²) in [5.74, 6) is 2.28. The normalized spacial score (nSPS) is 12.9. The molecule has 0 fully saturated rings. The van der Waals surface area contributed by atoms with Gasteiger partial charge in [0.2, 0.25) is 0 Å². The number of alkyl halides is 1. The van der Waals surface area contributed by atoms with E-state index in [0.717, 1.165) is 24.7 Å². The maximum Gasteiger partial charge on any atom is 0.134 e. The highest BCUT2D eigenvalue weighted by molar-refractivity contribution is 7.17. The zero-order valence-electron chi connectivity index (χ0n) is 9.24. The van der Waals surface area contributed by atoms with E-state index in [-0.39, 0.29) is 0 Å². The van der Waals surface area contributed by atoms with E-state index in [4.69, 9.17) is 11.6 Å². The van der Waals surface area contributed by atoms with Crippen molar-refractivity contribution in [3.63, 3.8) is 0 Å². The molecule has 1 N–H and O–H groups in total. The van der Waals surface area contributed by atoms with E-state index in [9.17, 15) is 0 Å². The van der Waals surface area contributed by atoms with Gasteiger partial charge in [0.15, 0.2) is 0 Å². The van der Waals surface area contributed by atoms with Gasteiger partial charge in [0.05, 0.1) is 0 Å². The number of nitrogens with zero attached hydrogens (tertiary/aromatic N) is 1. The Kier molecular flexibility index (Phi) is 4.02. The molecule has 0 aromatic carbocycles. The third-order valence-corrected chi connectivity index (χ3v) is 3.70. The average Bonchev–Trinajstić information content (AvgIpc) is 2.75. The van der Waals surface area contributed by atoms with Gasteiger partial charge in [-0.1, -0.05) is 6.92 Å². The zero-order valence-corrected chi connectivity index (χ0v) is 10.8. The van der Waals surface area contributed by atoms with Crippen LogP contribution in [-0.4, -0.2) is 17.4 Å². The molecule has 4 heteroatoms. The monoisotopic (exact) mass is 254 g/mol. The number of fused-ring (bicyclic) bond motifs is 1. The van der Waals surface area contributed by atoms with E-state index in [1.54, 1.807) is 11.3 Å². The van der Waals surface area contributed by atoms with E-state index >= 15 is 0 Å². The van der Waals surface area contributed by atoms with Gasteiger partial charge in [-0.25, -0.2) is 4.98 Å². The van der Waals surface area contributed by atoms with Gasteiger partial charge in [-0.05, 0) is 29.9 Å². The van der Waals surface area contributed by atoms with Gasteiger partial charge in [0.25, 0.3) is 0 Å². The second-order valence-corrected chi connectivity index (χ2v) is 5.28. The van der Waals surface area contributed by atoms with Crippen molar-refractivity contribution in [2.24, 2.45) is 5.92 Å². The van der Waals surface area contributed by atoms with Gasteiger partial charge < -0.3 is 5.32 Å². The number of hydrogen-bond donors (Lipinski definition) is 1. The lowest BCUT2D eigenvalue weighted by Gasteiger charge is -2.11. The van der Waals surface area contributed by atoms with Crippen LogP contribution in [0.5, 0.6) is 0 Å². The number of rotatable bonds is 5. The molecule has 2 aromatic rings. The molecule has 1 unspecified atom stereocenters. The first-order chi connectivity index (χ1) is 7.81. The minimum absolute atomic E-state index is 0.577. The quantitative estimate of drug-likeness (QED) is 0.817. The SMILES string of the molecule is CC(CCCl)CNc1nccc2sccc12. The smallest absolute Gasteiger partial charge is 0.134 e. The molecular formula is C12H15ClN2S. The lowest BCUT2D eigenvalue weighted by atomic mass is 10.1. The largest absolute Gasteiger partial charge is 0.369 e. The first-order valence-corrected chi connectivity index (χ1v) is 6.84. The van der Waals surface area contributed by atoms with Crippen molar-refractivity contribution in [2.45, 2.75) is 13.3 Å². The average molecular weight is 255 g/mol. The fourth-order valence-corrected chi connectivity index (χ4v) is 2.75. The fraction of sp³-hybridized carbons (Fsp3) is 0.417. The lowest BCUT2D eigenvalue weighted by molar-refractivity contribution is 0.596. The molecule has 0 aliphatic heterocycles. The van der Waals surface area contributed by atoms with Gasteiger partial charge in [-0.3, -0.25) is 0 Å². The Hall–Kier alpha value is -0.800. The zero-order chi connectivity index (χ0) is 11.4. The summed E-state index contributed by atoms with van der Waals surface area (Å²) >= 11 is 7.46. The molecule has 2 rings (SSSR count). The lowest BCUT2D eigenvalue weighted by Crippen LogP contribution is -2.12. The summed E-state index contributed by atoms with van der Waals surface area (Å²) in [5.41, 5.74) is 0. The second kappa shape index (κ2) is 5.51. The molecule has 0 aliphatic carbocycles. The molecule has 0 amide bonds. The number of nitrogens with one attached hydrogen (secondary N) is 1. The molecule has 16 heavy (non-hydrogen) atoms. The van der Waals surface area contributed by atoms with Crippen LogP contribution in [0.3, 0.4) is 0 Å². The molecule has 0 saturated carbocycles. The number of aromatic nitrogens is 1. The summed E-state index contributed by atoms with van der Waals surface area (Å²) < 4.78 is 1.28.